The van der Waals surface area contributed by atoms with E-state index in [0.717, 1.165) is 12.1 Å². The molecule has 0 saturated carbocycles. The van der Waals surface area contributed by atoms with E-state index in [-0.39, 0.29) is 11.7 Å². The number of nitrogens with zero attached hydrogens (tertiary/aromatic N) is 2. The zero-order valence-corrected chi connectivity index (χ0v) is 9.71. The van der Waals surface area contributed by atoms with Gasteiger partial charge in [0.2, 0.25) is 0 Å². The first-order chi connectivity index (χ1) is 8.75. The molecule has 2 heterocycles. The number of amides is 1. The maximum atomic E-state index is 12.3. The van der Waals surface area contributed by atoms with Crippen molar-refractivity contribution >= 4 is 11.6 Å². The predicted octanol–water partition coefficient (Wildman–Crippen LogP) is 1.99. The van der Waals surface area contributed by atoms with E-state index in [9.17, 15) is 9.90 Å². The van der Waals surface area contributed by atoms with Gasteiger partial charge in [0, 0.05) is 18.4 Å². The largest absolute Gasteiger partial charge is 0.506 e. The predicted molar refractivity (Wildman–Crippen MR) is 67.7 cm³/mol. The highest BCUT2D eigenvalue weighted by Crippen LogP contribution is 2.28. The summed E-state index contributed by atoms with van der Waals surface area (Å²) in [5.74, 6) is -0.114. The molecule has 1 aliphatic rings. The summed E-state index contributed by atoms with van der Waals surface area (Å²) in [4.78, 5) is 17.9. The van der Waals surface area contributed by atoms with Crippen LogP contribution in [0.25, 0.3) is 0 Å². The summed E-state index contributed by atoms with van der Waals surface area (Å²) in [7, 11) is 0. The highest BCUT2D eigenvalue weighted by Gasteiger charge is 2.25. The number of hydrogen-bond acceptors (Lipinski definition) is 3. The molecule has 0 aliphatic carbocycles. The highest BCUT2D eigenvalue weighted by molar-refractivity contribution is 6.07. The monoisotopic (exact) mass is 240 g/mol. The van der Waals surface area contributed by atoms with Crippen LogP contribution < -0.4 is 4.90 Å². The van der Waals surface area contributed by atoms with Crippen LogP contribution in [0.1, 0.15) is 15.9 Å². The summed E-state index contributed by atoms with van der Waals surface area (Å²) in [5.41, 5.74) is 2.54. The van der Waals surface area contributed by atoms with Crippen LogP contribution in [0.5, 0.6) is 5.75 Å². The molecule has 0 fully saturated rings. The molecule has 0 atom stereocenters. The van der Waals surface area contributed by atoms with E-state index in [0.29, 0.717) is 12.1 Å². The van der Waals surface area contributed by atoms with E-state index in [1.165, 1.54) is 24.0 Å². The normalized spacial score (nSPS) is 13.4. The number of carbonyl (C=O) groups is 1. The molecule has 0 bridgehead atoms. The fourth-order valence-electron chi connectivity index (χ4n) is 2.25. The molecule has 4 heteroatoms. The number of aromatic hydroxyl groups is 1. The smallest absolute Gasteiger partial charge is 0.259 e. The lowest BCUT2D eigenvalue weighted by Crippen LogP contribution is -2.28. The Morgan fingerprint density at radius 2 is 2.11 bits per heavy atom. The van der Waals surface area contributed by atoms with E-state index in [4.69, 9.17) is 0 Å². The molecule has 0 radical (unpaired) electrons. The van der Waals surface area contributed by atoms with Crippen molar-refractivity contribution in [1.82, 2.24) is 4.98 Å². The summed E-state index contributed by atoms with van der Waals surface area (Å²) >= 11 is 0. The maximum Gasteiger partial charge on any atom is 0.259 e. The van der Waals surface area contributed by atoms with Gasteiger partial charge >= 0.3 is 0 Å². The number of aromatic nitrogens is 1. The highest BCUT2D eigenvalue weighted by atomic mass is 16.3. The van der Waals surface area contributed by atoms with Gasteiger partial charge in [0.05, 0.1) is 11.8 Å². The SMILES string of the molecule is O=C(c1cncc(O)c1)N1CCc2ccccc21. The van der Waals surface area contributed by atoms with E-state index < -0.39 is 0 Å². The van der Waals surface area contributed by atoms with Crippen LogP contribution in [0.15, 0.2) is 42.7 Å². The van der Waals surface area contributed by atoms with E-state index in [1.807, 2.05) is 24.3 Å². The van der Waals surface area contributed by atoms with Gasteiger partial charge in [-0.15, -0.1) is 0 Å². The topological polar surface area (TPSA) is 53.4 Å². The Balaban J connectivity index is 1.96. The summed E-state index contributed by atoms with van der Waals surface area (Å²) in [5, 5.41) is 9.37. The van der Waals surface area contributed by atoms with E-state index in [1.54, 1.807) is 4.90 Å². The Morgan fingerprint density at radius 1 is 1.28 bits per heavy atom. The summed E-state index contributed by atoms with van der Waals surface area (Å²) < 4.78 is 0. The van der Waals surface area contributed by atoms with E-state index in [2.05, 4.69) is 4.98 Å². The molecule has 2 aromatic rings. The molecule has 0 spiro atoms. The van der Waals surface area contributed by atoms with Gasteiger partial charge in [-0.25, -0.2) is 0 Å². The van der Waals surface area contributed by atoms with Crippen molar-refractivity contribution in [3.8, 4) is 5.75 Å². The van der Waals surface area contributed by atoms with Crippen LogP contribution in [0, 0.1) is 0 Å². The number of hydrogen-bond donors (Lipinski definition) is 1. The minimum atomic E-state index is -0.122. The summed E-state index contributed by atoms with van der Waals surface area (Å²) in [6.45, 7) is 0.674. The van der Waals surface area contributed by atoms with Crippen LogP contribution in [0.2, 0.25) is 0 Å². The quantitative estimate of drug-likeness (QED) is 0.829. The average Bonchev–Trinajstić information content (AvgIpc) is 2.82. The van der Waals surface area contributed by atoms with Gasteiger partial charge in [0.15, 0.2) is 0 Å². The number of benzene rings is 1. The van der Waals surface area contributed by atoms with Crippen LogP contribution >= 0.6 is 0 Å². The lowest BCUT2D eigenvalue weighted by molar-refractivity contribution is 0.0988. The first-order valence-corrected chi connectivity index (χ1v) is 5.79. The van der Waals surface area contributed by atoms with Crippen molar-refractivity contribution in [3.63, 3.8) is 0 Å². The Bertz CT molecular complexity index is 610. The van der Waals surface area contributed by atoms with Gasteiger partial charge < -0.3 is 10.0 Å². The second-order valence-corrected chi connectivity index (χ2v) is 4.27. The average molecular weight is 240 g/mol. The van der Waals surface area contributed by atoms with Crippen molar-refractivity contribution < 1.29 is 9.90 Å². The molecule has 0 unspecified atom stereocenters. The first kappa shape index (κ1) is 10.8. The van der Waals surface area contributed by atoms with Crippen LogP contribution in [0.3, 0.4) is 0 Å². The van der Waals surface area contributed by atoms with Crippen molar-refractivity contribution in [2.24, 2.45) is 0 Å². The van der Waals surface area contributed by atoms with Gasteiger partial charge in [0.1, 0.15) is 5.75 Å². The summed E-state index contributed by atoms with van der Waals surface area (Å²) in [6, 6.07) is 9.31. The number of rotatable bonds is 1. The standard InChI is InChI=1S/C14H12N2O2/c17-12-7-11(8-15-9-12)14(18)16-6-5-10-3-1-2-4-13(10)16/h1-4,7-9,17H,5-6H2. The zero-order valence-electron chi connectivity index (χ0n) is 9.71. The Labute approximate surface area is 105 Å². The Kier molecular flexibility index (Phi) is 2.48. The summed E-state index contributed by atoms with van der Waals surface area (Å²) in [6.07, 6.45) is 3.66. The molecule has 1 aliphatic heterocycles. The molecule has 1 amide bonds. The van der Waals surface area contributed by atoms with E-state index >= 15 is 0 Å². The van der Waals surface area contributed by atoms with Crippen molar-refractivity contribution in [1.29, 1.82) is 0 Å². The fourth-order valence-corrected chi connectivity index (χ4v) is 2.25. The molecule has 4 nitrogen and oxygen atoms in total. The fraction of sp³-hybridized carbons (Fsp3) is 0.143. The Morgan fingerprint density at radius 3 is 2.94 bits per heavy atom. The molecule has 3 rings (SSSR count). The van der Waals surface area contributed by atoms with Gasteiger partial charge in [-0.3, -0.25) is 9.78 Å². The minimum absolute atomic E-state index is 0.00771. The van der Waals surface area contributed by atoms with Crippen LogP contribution in [-0.4, -0.2) is 22.5 Å². The Hall–Kier alpha value is -2.36. The zero-order chi connectivity index (χ0) is 12.5. The molecular weight excluding hydrogens is 228 g/mol. The van der Waals surface area contributed by atoms with Gasteiger partial charge in [-0.05, 0) is 24.1 Å². The number of carbonyl (C=O) groups excluding carboxylic acids is 1. The lowest BCUT2D eigenvalue weighted by Gasteiger charge is -2.17. The third-order valence-corrected chi connectivity index (χ3v) is 3.10. The molecule has 1 aromatic carbocycles. The van der Waals surface area contributed by atoms with Crippen LogP contribution in [-0.2, 0) is 6.42 Å². The number of fused-ring (bicyclic) bond motifs is 1. The molecule has 1 aromatic heterocycles. The molecule has 1 N–H and O–H groups in total. The number of para-hydroxylation sites is 1. The number of anilines is 1. The van der Waals surface area contributed by atoms with Gasteiger partial charge in [-0.1, -0.05) is 18.2 Å². The second-order valence-electron chi connectivity index (χ2n) is 4.27. The number of pyridine rings is 1. The van der Waals surface area contributed by atoms with Gasteiger partial charge in [0.25, 0.3) is 5.91 Å². The van der Waals surface area contributed by atoms with Crippen molar-refractivity contribution in [2.45, 2.75) is 6.42 Å². The molecular formula is C14H12N2O2. The molecule has 18 heavy (non-hydrogen) atoms. The van der Waals surface area contributed by atoms with Crippen molar-refractivity contribution in [2.75, 3.05) is 11.4 Å². The maximum absolute atomic E-state index is 12.3. The first-order valence-electron chi connectivity index (χ1n) is 5.79. The van der Waals surface area contributed by atoms with Crippen molar-refractivity contribution in [3.05, 3.63) is 53.9 Å². The van der Waals surface area contributed by atoms with Gasteiger partial charge in [-0.2, -0.15) is 0 Å². The second kappa shape index (κ2) is 4.14. The lowest BCUT2D eigenvalue weighted by atomic mass is 10.2. The third-order valence-electron chi connectivity index (χ3n) is 3.10. The molecule has 0 saturated heterocycles. The minimum Gasteiger partial charge on any atom is -0.506 e. The molecule has 90 valence electrons. The third kappa shape index (κ3) is 1.72. The van der Waals surface area contributed by atoms with Crippen LogP contribution in [0.4, 0.5) is 5.69 Å².